The Bertz CT molecular complexity index is 1110. The smallest absolute Gasteiger partial charge is 0.343 e. The van der Waals surface area contributed by atoms with Gasteiger partial charge < -0.3 is 18.9 Å². The third-order valence-electron chi connectivity index (χ3n) is 4.54. The summed E-state index contributed by atoms with van der Waals surface area (Å²) in [5.74, 6) is 0.386. The highest BCUT2D eigenvalue weighted by Gasteiger charge is 2.13. The van der Waals surface area contributed by atoms with Crippen LogP contribution < -0.4 is 18.9 Å². The normalized spacial score (nSPS) is 10.6. The third kappa shape index (κ3) is 5.31. The monoisotopic (exact) mass is 436 g/mol. The number of halogens is 1. The molecule has 7 heteroatoms. The maximum absolute atomic E-state index is 13.0. The second-order valence-corrected chi connectivity index (χ2v) is 6.58. The maximum Gasteiger partial charge on any atom is 0.343 e. The first-order valence-corrected chi connectivity index (χ1v) is 9.55. The van der Waals surface area contributed by atoms with Gasteiger partial charge in [0.15, 0.2) is 17.3 Å². The van der Waals surface area contributed by atoms with E-state index in [2.05, 4.69) is 0 Å². The number of esters is 1. The second kappa shape index (κ2) is 10.3. The highest BCUT2D eigenvalue weighted by molar-refractivity contribution is 6.07. The maximum atomic E-state index is 13.0. The molecule has 0 radical (unpaired) electrons. The fraction of sp³-hybridized carbons (Fsp3) is 0.120. The summed E-state index contributed by atoms with van der Waals surface area (Å²) >= 11 is 0. The number of ketones is 1. The van der Waals surface area contributed by atoms with Crippen LogP contribution in [0.2, 0.25) is 0 Å². The summed E-state index contributed by atoms with van der Waals surface area (Å²) in [5, 5.41) is 0. The summed E-state index contributed by atoms with van der Waals surface area (Å²) in [6, 6.07) is 14.6. The van der Waals surface area contributed by atoms with E-state index in [0.29, 0.717) is 28.4 Å². The molecule has 0 saturated carbocycles. The van der Waals surface area contributed by atoms with E-state index in [1.807, 2.05) is 0 Å². The minimum Gasteiger partial charge on any atom is -0.493 e. The number of hydrogen-bond donors (Lipinski definition) is 0. The zero-order valence-corrected chi connectivity index (χ0v) is 17.8. The van der Waals surface area contributed by atoms with E-state index in [0.717, 1.165) is 0 Å². The molecule has 32 heavy (non-hydrogen) atoms. The Hall–Kier alpha value is -4.13. The Labute approximate surface area is 184 Å². The molecular formula is C25H21FO6. The van der Waals surface area contributed by atoms with Crippen molar-refractivity contribution in [3.05, 3.63) is 89.2 Å². The molecule has 0 spiro atoms. The summed E-state index contributed by atoms with van der Waals surface area (Å²) in [5.41, 5.74) is 1.33. The summed E-state index contributed by atoms with van der Waals surface area (Å²) in [4.78, 5) is 24.6. The SMILES string of the molecule is COc1cc(C=CC(=O)c2ccc(OC(=O)c3ccc(F)cc3)cc2)cc(OC)c1OC. The second-order valence-electron chi connectivity index (χ2n) is 6.58. The number of benzene rings is 3. The molecule has 0 fully saturated rings. The van der Waals surface area contributed by atoms with Crippen LogP contribution in [0.5, 0.6) is 23.0 Å². The molecule has 0 aliphatic carbocycles. The average Bonchev–Trinajstić information content (AvgIpc) is 2.82. The lowest BCUT2D eigenvalue weighted by Crippen LogP contribution is -2.08. The molecule has 164 valence electrons. The molecule has 0 aliphatic heterocycles. The van der Waals surface area contributed by atoms with Crippen molar-refractivity contribution in [1.29, 1.82) is 0 Å². The molecule has 0 amide bonds. The lowest BCUT2D eigenvalue weighted by atomic mass is 10.1. The van der Waals surface area contributed by atoms with E-state index < -0.39 is 11.8 Å². The van der Waals surface area contributed by atoms with Crippen molar-refractivity contribution in [2.45, 2.75) is 0 Å². The Kier molecular flexibility index (Phi) is 7.23. The standard InChI is InChI=1S/C25H21FO6/c1-29-22-14-16(15-23(30-2)24(22)31-3)4-13-21(27)17-7-11-20(12-8-17)32-25(28)18-5-9-19(26)10-6-18/h4-15H,1-3H3. The zero-order valence-electron chi connectivity index (χ0n) is 17.8. The van der Waals surface area contributed by atoms with E-state index in [1.165, 1.54) is 63.8 Å². The number of methoxy groups -OCH3 is 3. The summed E-state index contributed by atoms with van der Waals surface area (Å²) < 4.78 is 34.1. The van der Waals surface area contributed by atoms with Crippen molar-refractivity contribution in [3.8, 4) is 23.0 Å². The van der Waals surface area contributed by atoms with Crippen molar-refractivity contribution in [2.24, 2.45) is 0 Å². The Morgan fingerprint density at radius 3 is 1.88 bits per heavy atom. The van der Waals surface area contributed by atoms with Crippen LogP contribution in [0.3, 0.4) is 0 Å². The molecule has 0 unspecified atom stereocenters. The van der Waals surface area contributed by atoms with E-state index in [4.69, 9.17) is 18.9 Å². The molecule has 3 aromatic rings. The van der Waals surface area contributed by atoms with Gasteiger partial charge in [-0.15, -0.1) is 0 Å². The number of carbonyl (C=O) groups is 2. The minimum atomic E-state index is -0.619. The van der Waals surface area contributed by atoms with Crippen LogP contribution in [0.25, 0.3) is 6.08 Å². The van der Waals surface area contributed by atoms with Crippen LogP contribution in [-0.2, 0) is 0 Å². The predicted molar refractivity (Wildman–Crippen MR) is 117 cm³/mol. The Morgan fingerprint density at radius 2 is 1.34 bits per heavy atom. The topological polar surface area (TPSA) is 71.1 Å². The van der Waals surface area contributed by atoms with Gasteiger partial charge >= 0.3 is 5.97 Å². The van der Waals surface area contributed by atoms with Crippen LogP contribution in [0, 0.1) is 5.82 Å². The molecule has 0 saturated heterocycles. The molecular weight excluding hydrogens is 415 g/mol. The van der Waals surface area contributed by atoms with Crippen LogP contribution in [0.1, 0.15) is 26.3 Å². The van der Waals surface area contributed by atoms with E-state index in [9.17, 15) is 14.0 Å². The number of allylic oxidation sites excluding steroid dienone is 1. The van der Waals surface area contributed by atoms with Gasteiger partial charge in [-0.2, -0.15) is 0 Å². The first-order chi connectivity index (χ1) is 15.4. The summed E-state index contributed by atoms with van der Waals surface area (Å²) in [6.07, 6.45) is 3.05. The van der Waals surface area contributed by atoms with E-state index >= 15 is 0 Å². The van der Waals surface area contributed by atoms with Crippen LogP contribution in [-0.4, -0.2) is 33.1 Å². The molecule has 3 rings (SSSR count). The highest BCUT2D eigenvalue weighted by Crippen LogP contribution is 2.38. The number of rotatable bonds is 8. The lowest BCUT2D eigenvalue weighted by Gasteiger charge is -2.12. The van der Waals surface area contributed by atoms with Gasteiger partial charge in [-0.3, -0.25) is 4.79 Å². The fourth-order valence-electron chi connectivity index (χ4n) is 2.90. The first-order valence-electron chi connectivity index (χ1n) is 9.55. The Balaban J connectivity index is 1.70. The van der Waals surface area contributed by atoms with E-state index in [1.54, 1.807) is 30.3 Å². The van der Waals surface area contributed by atoms with Gasteiger partial charge in [-0.1, -0.05) is 6.08 Å². The van der Waals surface area contributed by atoms with Crippen LogP contribution in [0.15, 0.2) is 66.7 Å². The number of ether oxygens (including phenoxy) is 4. The van der Waals surface area contributed by atoms with Crippen molar-refractivity contribution < 1.29 is 32.9 Å². The fourth-order valence-corrected chi connectivity index (χ4v) is 2.90. The minimum absolute atomic E-state index is 0.222. The molecule has 0 bridgehead atoms. The molecule has 0 atom stereocenters. The van der Waals surface area contributed by atoms with Crippen molar-refractivity contribution >= 4 is 17.8 Å². The van der Waals surface area contributed by atoms with Gasteiger partial charge in [-0.25, -0.2) is 9.18 Å². The van der Waals surface area contributed by atoms with Gasteiger partial charge in [0.1, 0.15) is 11.6 Å². The third-order valence-corrected chi connectivity index (χ3v) is 4.54. The molecule has 6 nitrogen and oxygen atoms in total. The van der Waals surface area contributed by atoms with E-state index in [-0.39, 0.29) is 17.1 Å². The quantitative estimate of drug-likeness (QED) is 0.215. The molecule has 3 aromatic carbocycles. The van der Waals surface area contributed by atoms with Gasteiger partial charge in [0.25, 0.3) is 0 Å². The molecule has 0 aromatic heterocycles. The summed E-state index contributed by atoms with van der Waals surface area (Å²) in [7, 11) is 4.54. The van der Waals surface area contributed by atoms with Crippen molar-refractivity contribution in [3.63, 3.8) is 0 Å². The number of hydrogen-bond acceptors (Lipinski definition) is 6. The predicted octanol–water partition coefficient (Wildman–Crippen LogP) is 4.97. The lowest BCUT2D eigenvalue weighted by molar-refractivity contribution is 0.0734. The van der Waals surface area contributed by atoms with Gasteiger partial charge in [0, 0.05) is 5.56 Å². The first kappa shape index (κ1) is 22.6. The molecule has 0 N–H and O–H groups in total. The molecule has 0 aliphatic rings. The van der Waals surface area contributed by atoms with Crippen LogP contribution >= 0.6 is 0 Å². The van der Waals surface area contributed by atoms with Gasteiger partial charge in [-0.05, 0) is 72.3 Å². The average molecular weight is 436 g/mol. The van der Waals surface area contributed by atoms with Gasteiger partial charge in [0.05, 0.1) is 26.9 Å². The van der Waals surface area contributed by atoms with Crippen molar-refractivity contribution in [2.75, 3.05) is 21.3 Å². The highest BCUT2D eigenvalue weighted by atomic mass is 19.1. The molecule has 0 heterocycles. The Morgan fingerprint density at radius 1 is 0.781 bits per heavy atom. The zero-order chi connectivity index (χ0) is 23.1. The van der Waals surface area contributed by atoms with Crippen molar-refractivity contribution in [1.82, 2.24) is 0 Å². The largest absolute Gasteiger partial charge is 0.493 e. The number of carbonyl (C=O) groups excluding carboxylic acids is 2. The van der Waals surface area contributed by atoms with Gasteiger partial charge in [0.2, 0.25) is 5.75 Å². The van der Waals surface area contributed by atoms with Crippen LogP contribution in [0.4, 0.5) is 4.39 Å². The summed E-state index contributed by atoms with van der Waals surface area (Å²) in [6.45, 7) is 0.